The monoisotopic (exact) mass is 247 g/mol. The van der Waals surface area contributed by atoms with Crippen LogP contribution in [0.2, 0.25) is 0 Å². The van der Waals surface area contributed by atoms with Crippen LogP contribution in [-0.4, -0.2) is 18.3 Å². The number of fused-ring (bicyclic) bond motifs is 1. The fraction of sp³-hybridized carbons (Fsp3) is 0.214. The van der Waals surface area contributed by atoms with Crippen molar-refractivity contribution in [3.63, 3.8) is 0 Å². The molecule has 0 spiro atoms. The molecule has 0 saturated carbocycles. The lowest BCUT2D eigenvalue weighted by Gasteiger charge is -2.20. The van der Waals surface area contributed by atoms with E-state index in [-0.39, 0.29) is 11.8 Å². The largest absolute Gasteiger partial charge is 0.312 e. The topological polar surface area (TPSA) is 20.3 Å². The van der Waals surface area contributed by atoms with Crippen LogP contribution in [-0.2, 0) is 4.79 Å². The van der Waals surface area contributed by atoms with E-state index in [1.165, 1.54) is 5.39 Å². The van der Waals surface area contributed by atoms with Gasteiger partial charge in [0.15, 0.2) is 0 Å². The molecule has 88 valence electrons. The van der Waals surface area contributed by atoms with Gasteiger partial charge in [-0.3, -0.25) is 4.79 Å². The summed E-state index contributed by atoms with van der Waals surface area (Å²) in [6.45, 7) is 2.57. The summed E-state index contributed by atoms with van der Waals surface area (Å²) in [7, 11) is 0. The maximum atomic E-state index is 11.7. The third-order valence-electron chi connectivity index (χ3n) is 2.78. The Kier molecular flexibility index (Phi) is 3.64. The second-order valence-corrected chi connectivity index (χ2v) is 4.07. The zero-order chi connectivity index (χ0) is 12.3. The molecule has 0 radical (unpaired) electrons. The molecule has 2 rings (SSSR count). The van der Waals surface area contributed by atoms with Crippen LogP contribution in [0.5, 0.6) is 0 Å². The minimum Gasteiger partial charge on any atom is -0.312 e. The highest BCUT2D eigenvalue weighted by Crippen LogP contribution is 2.22. The lowest BCUT2D eigenvalue weighted by molar-refractivity contribution is -0.116. The first-order chi connectivity index (χ1) is 8.26. The zero-order valence-electron chi connectivity index (χ0n) is 9.69. The zero-order valence-corrected chi connectivity index (χ0v) is 10.4. The van der Waals surface area contributed by atoms with E-state index < -0.39 is 0 Å². The lowest BCUT2D eigenvalue weighted by Crippen LogP contribution is -2.31. The van der Waals surface area contributed by atoms with Crippen LogP contribution in [0.25, 0.3) is 10.8 Å². The van der Waals surface area contributed by atoms with E-state index in [4.69, 9.17) is 11.6 Å². The highest BCUT2D eigenvalue weighted by Gasteiger charge is 2.12. The number of anilines is 1. The SMILES string of the molecule is CCN(C(=O)CCl)c1ccc2ccccc2c1. The van der Waals surface area contributed by atoms with Gasteiger partial charge in [0.1, 0.15) is 5.88 Å². The van der Waals surface area contributed by atoms with Gasteiger partial charge in [-0.05, 0) is 29.8 Å². The van der Waals surface area contributed by atoms with Gasteiger partial charge in [0, 0.05) is 12.2 Å². The Balaban J connectivity index is 2.44. The first kappa shape index (κ1) is 11.9. The van der Waals surface area contributed by atoms with Crippen LogP contribution in [0, 0.1) is 0 Å². The van der Waals surface area contributed by atoms with E-state index in [0.717, 1.165) is 11.1 Å². The van der Waals surface area contributed by atoms with Gasteiger partial charge in [0.25, 0.3) is 0 Å². The Morgan fingerprint density at radius 3 is 2.53 bits per heavy atom. The highest BCUT2D eigenvalue weighted by molar-refractivity contribution is 6.29. The lowest BCUT2D eigenvalue weighted by atomic mass is 10.1. The number of nitrogens with zero attached hydrogens (tertiary/aromatic N) is 1. The summed E-state index contributed by atoms with van der Waals surface area (Å²) >= 11 is 5.60. The average molecular weight is 248 g/mol. The molecular formula is C14H14ClNO. The number of amides is 1. The Bertz CT molecular complexity index is 538. The summed E-state index contributed by atoms with van der Waals surface area (Å²) in [6, 6.07) is 14.1. The number of hydrogen-bond acceptors (Lipinski definition) is 1. The molecule has 0 saturated heterocycles. The van der Waals surface area contributed by atoms with Crippen LogP contribution in [0.1, 0.15) is 6.92 Å². The Labute approximate surface area is 106 Å². The van der Waals surface area contributed by atoms with Gasteiger partial charge in [-0.15, -0.1) is 11.6 Å². The average Bonchev–Trinajstić information content (AvgIpc) is 2.39. The van der Waals surface area contributed by atoms with E-state index in [1.807, 2.05) is 43.3 Å². The van der Waals surface area contributed by atoms with Crippen molar-refractivity contribution < 1.29 is 4.79 Å². The van der Waals surface area contributed by atoms with Gasteiger partial charge in [0.2, 0.25) is 5.91 Å². The molecule has 3 heteroatoms. The van der Waals surface area contributed by atoms with Gasteiger partial charge in [-0.25, -0.2) is 0 Å². The summed E-state index contributed by atoms with van der Waals surface area (Å²) in [5.74, 6) is -0.0508. The molecule has 0 aliphatic heterocycles. The molecule has 0 unspecified atom stereocenters. The highest BCUT2D eigenvalue weighted by atomic mass is 35.5. The molecule has 0 fully saturated rings. The van der Waals surface area contributed by atoms with Gasteiger partial charge in [-0.2, -0.15) is 0 Å². The van der Waals surface area contributed by atoms with Gasteiger partial charge >= 0.3 is 0 Å². The predicted molar refractivity (Wildman–Crippen MR) is 72.7 cm³/mol. The van der Waals surface area contributed by atoms with Crippen LogP contribution in [0.15, 0.2) is 42.5 Å². The maximum Gasteiger partial charge on any atom is 0.241 e. The van der Waals surface area contributed by atoms with Crippen molar-refractivity contribution in [1.82, 2.24) is 0 Å². The smallest absolute Gasteiger partial charge is 0.241 e. The standard InChI is InChI=1S/C14H14ClNO/c1-2-16(14(17)10-15)13-8-7-11-5-3-4-6-12(11)9-13/h3-9H,2,10H2,1H3. The van der Waals surface area contributed by atoms with Crippen molar-refractivity contribution >= 4 is 34.0 Å². The van der Waals surface area contributed by atoms with E-state index in [1.54, 1.807) is 4.90 Å². The first-order valence-electron chi connectivity index (χ1n) is 5.61. The Morgan fingerprint density at radius 1 is 1.18 bits per heavy atom. The molecule has 0 heterocycles. The van der Waals surface area contributed by atoms with Crippen LogP contribution < -0.4 is 4.90 Å². The maximum absolute atomic E-state index is 11.7. The molecule has 17 heavy (non-hydrogen) atoms. The summed E-state index contributed by atoms with van der Waals surface area (Å²) < 4.78 is 0. The first-order valence-corrected chi connectivity index (χ1v) is 6.15. The second kappa shape index (κ2) is 5.19. The van der Waals surface area contributed by atoms with E-state index in [0.29, 0.717) is 6.54 Å². The summed E-state index contributed by atoms with van der Waals surface area (Å²) in [5.41, 5.74) is 0.900. The summed E-state index contributed by atoms with van der Waals surface area (Å²) in [5, 5.41) is 2.30. The molecule has 2 aromatic rings. The molecule has 1 amide bonds. The molecule has 2 aromatic carbocycles. The normalized spacial score (nSPS) is 10.5. The molecule has 0 N–H and O–H groups in total. The molecule has 0 atom stereocenters. The van der Waals surface area contributed by atoms with Crippen molar-refractivity contribution in [3.05, 3.63) is 42.5 Å². The third kappa shape index (κ3) is 2.42. The molecule has 0 aliphatic rings. The number of benzene rings is 2. The van der Waals surface area contributed by atoms with E-state index >= 15 is 0 Å². The van der Waals surface area contributed by atoms with Crippen molar-refractivity contribution in [3.8, 4) is 0 Å². The number of halogens is 1. The van der Waals surface area contributed by atoms with Crippen LogP contribution >= 0.6 is 11.6 Å². The number of carbonyl (C=O) groups excluding carboxylic acids is 1. The van der Waals surface area contributed by atoms with Crippen molar-refractivity contribution in [2.45, 2.75) is 6.92 Å². The molecule has 0 aromatic heterocycles. The summed E-state index contributed by atoms with van der Waals surface area (Å²) in [4.78, 5) is 13.4. The second-order valence-electron chi connectivity index (χ2n) is 3.80. The van der Waals surface area contributed by atoms with Gasteiger partial charge < -0.3 is 4.90 Å². The fourth-order valence-electron chi connectivity index (χ4n) is 1.92. The predicted octanol–water partition coefficient (Wildman–Crippen LogP) is 3.43. The van der Waals surface area contributed by atoms with Crippen molar-refractivity contribution in [2.24, 2.45) is 0 Å². The number of rotatable bonds is 3. The molecule has 0 aliphatic carbocycles. The number of alkyl halides is 1. The van der Waals surface area contributed by atoms with Crippen molar-refractivity contribution in [2.75, 3.05) is 17.3 Å². The fourth-order valence-corrected chi connectivity index (χ4v) is 2.06. The molecule has 0 bridgehead atoms. The van der Waals surface area contributed by atoms with Crippen LogP contribution in [0.4, 0.5) is 5.69 Å². The molecular weight excluding hydrogens is 234 g/mol. The molecule has 2 nitrogen and oxygen atoms in total. The minimum absolute atomic E-state index is 0.0146. The summed E-state index contributed by atoms with van der Waals surface area (Å²) in [6.07, 6.45) is 0. The van der Waals surface area contributed by atoms with Crippen molar-refractivity contribution in [1.29, 1.82) is 0 Å². The quantitative estimate of drug-likeness (QED) is 0.761. The van der Waals surface area contributed by atoms with E-state index in [9.17, 15) is 4.79 Å². The Hall–Kier alpha value is -1.54. The number of carbonyl (C=O) groups is 1. The number of hydrogen-bond donors (Lipinski definition) is 0. The third-order valence-corrected chi connectivity index (χ3v) is 3.00. The minimum atomic E-state index is -0.0653. The van der Waals surface area contributed by atoms with Gasteiger partial charge in [0.05, 0.1) is 0 Å². The van der Waals surface area contributed by atoms with Gasteiger partial charge in [-0.1, -0.05) is 30.3 Å². The van der Waals surface area contributed by atoms with Crippen LogP contribution in [0.3, 0.4) is 0 Å². The Morgan fingerprint density at radius 2 is 1.88 bits per heavy atom. The van der Waals surface area contributed by atoms with E-state index in [2.05, 4.69) is 6.07 Å².